The second-order valence-electron chi connectivity index (χ2n) is 4.69. The lowest BCUT2D eigenvalue weighted by molar-refractivity contribution is 0.230. The van der Waals surface area contributed by atoms with E-state index >= 15 is 0 Å². The van der Waals surface area contributed by atoms with E-state index in [1.54, 1.807) is 0 Å². The van der Waals surface area contributed by atoms with Gasteiger partial charge in [0.1, 0.15) is 0 Å². The number of rotatable bonds is 1. The summed E-state index contributed by atoms with van der Waals surface area (Å²) >= 11 is 0. The predicted molar refractivity (Wildman–Crippen MR) is 65.5 cm³/mol. The highest BCUT2D eigenvalue weighted by Crippen LogP contribution is 2.26. The zero-order chi connectivity index (χ0) is 11.0. The van der Waals surface area contributed by atoms with Gasteiger partial charge in [-0.2, -0.15) is 0 Å². The molecule has 2 aliphatic heterocycles. The van der Waals surface area contributed by atoms with Gasteiger partial charge < -0.3 is 10.6 Å². The Bertz CT molecular complexity index is 379. The molecule has 2 fully saturated rings. The number of aromatic nitrogens is 1. The van der Waals surface area contributed by atoms with E-state index in [0.717, 1.165) is 37.2 Å². The molecule has 3 heterocycles. The number of nitrogen functional groups attached to an aromatic ring is 1. The van der Waals surface area contributed by atoms with Crippen LogP contribution >= 0.6 is 0 Å². The molecule has 16 heavy (non-hydrogen) atoms. The molecular weight excluding hydrogens is 200 g/mol. The number of hydrogen-bond acceptors (Lipinski definition) is 4. The van der Waals surface area contributed by atoms with Gasteiger partial charge in [0, 0.05) is 31.9 Å². The van der Waals surface area contributed by atoms with Crippen molar-refractivity contribution >= 4 is 11.5 Å². The maximum Gasteiger partial charge on any atom is 0.151 e. The van der Waals surface area contributed by atoms with Gasteiger partial charge in [-0.25, -0.2) is 4.98 Å². The van der Waals surface area contributed by atoms with Crippen LogP contribution in [-0.2, 0) is 0 Å². The largest absolute Gasteiger partial charge is 0.396 e. The van der Waals surface area contributed by atoms with Crippen LogP contribution in [0.2, 0.25) is 0 Å². The van der Waals surface area contributed by atoms with Gasteiger partial charge in [0.15, 0.2) is 5.82 Å². The fourth-order valence-corrected chi connectivity index (χ4v) is 2.86. The highest BCUT2D eigenvalue weighted by molar-refractivity contribution is 5.62. The fourth-order valence-electron chi connectivity index (χ4n) is 2.86. The summed E-state index contributed by atoms with van der Waals surface area (Å²) in [6, 6.07) is 4.55. The van der Waals surface area contributed by atoms with Gasteiger partial charge in [-0.15, -0.1) is 0 Å². The van der Waals surface area contributed by atoms with Crippen LogP contribution < -0.4 is 10.6 Å². The number of nitrogens with zero attached hydrogens (tertiary/aromatic N) is 3. The first-order valence-corrected chi connectivity index (χ1v) is 6.04. The number of nitrogens with two attached hydrogens (primary N) is 1. The molecule has 0 aliphatic carbocycles. The summed E-state index contributed by atoms with van der Waals surface area (Å²) in [6.45, 7) is 4.57. The SMILES string of the molecule is Nc1cccnc1N1CCN2CCCC2C1. The first-order chi connectivity index (χ1) is 7.84. The van der Waals surface area contributed by atoms with Crippen LogP contribution in [0.1, 0.15) is 12.8 Å². The van der Waals surface area contributed by atoms with Crippen molar-refractivity contribution in [1.29, 1.82) is 0 Å². The molecule has 4 nitrogen and oxygen atoms in total. The lowest BCUT2D eigenvalue weighted by Crippen LogP contribution is -2.50. The van der Waals surface area contributed by atoms with Crippen molar-refractivity contribution in [2.24, 2.45) is 0 Å². The molecule has 0 bridgehead atoms. The van der Waals surface area contributed by atoms with Crippen molar-refractivity contribution in [2.45, 2.75) is 18.9 Å². The van der Waals surface area contributed by atoms with Crippen molar-refractivity contribution < 1.29 is 0 Å². The molecule has 86 valence electrons. The van der Waals surface area contributed by atoms with Gasteiger partial charge in [0.25, 0.3) is 0 Å². The molecule has 0 aromatic carbocycles. The van der Waals surface area contributed by atoms with Crippen LogP contribution in [0.25, 0.3) is 0 Å². The van der Waals surface area contributed by atoms with E-state index in [1.807, 2.05) is 18.3 Å². The van der Waals surface area contributed by atoms with Gasteiger partial charge >= 0.3 is 0 Å². The van der Waals surface area contributed by atoms with Crippen molar-refractivity contribution in [3.8, 4) is 0 Å². The molecule has 1 unspecified atom stereocenters. The summed E-state index contributed by atoms with van der Waals surface area (Å²) in [5, 5.41) is 0. The lowest BCUT2D eigenvalue weighted by atomic mass is 10.1. The molecule has 0 amide bonds. The lowest BCUT2D eigenvalue weighted by Gasteiger charge is -2.38. The second kappa shape index (κ2) is 3.94. The van der Waals surface area contributed by atoms with E-state index in [-0.39, 0.29) is 0 Å². The van der Waals surface area contributed by atoms with Crippen molar-refractivity contribution in [3.63, 3.8) is 0 Å². The zero-order valence-electron chi connectivity index (χ0n) is 9.47. The fraction of sp³-hybridized carbons (Fsp3) is 0.583. The highest BCUT2D eigenvalue weighted by atomic mass is 15.3. The van der Waals surface area contributed by atoms with Gasteiger partial charge in [0.05, 0.1) is 5.69 Å². The molecule has 3 rings (SSSR count). The minimum atomic E-state index is 0.718. The number of pyridine rings is 1. The van der Waals surface area contributed by atoms with Crippen LogP contribution in [0.5, 0.6) is 0 Å². The molecule has 2 saturated heterocycles. The minimum Gasteiger partial charge on any atom is -0.396 e. The van der Waals surface area contributed by atoms with E-state index in [9.17, 15) is 0 Å². The summed E-state index contributed by atoms with van der Waals surface area (Å²) in [4.78, 5) is 9.33. The Hall–Kier alpha value is -1.29. The summed E-state index contributed by atoms with van der Waals surface area (Å²) in [7, 11) is 0. The summed E-state index contributed by atoms with van der Waals surface area (Å²) in [6.07, 6.45) is 4.49. The Labute approximate surface area is 96.1 Å². The Morgan fingerprint density at radius 2 is 2.25 bits per heavy atom. The zero-order valence-corrected chi connectivity index (χ0v) is 9.47. The molecule has 0 spiro atoms. The molecule has 1 aromatic heterocycles. The van der Waals surface area contributed by atoms with Gasteiger partial charge in [-0.1, -0.05) is 0 Å². The molecule has 0 radical (unpaired) electrons. The van der Waals surface area contributed by atoms with Crippen LogP contribution in [0, 0.1) is 0 Å². The van der Waals surface area contributed by atoms with Gasteiger partial charge in [-0.3, -0.25) is 4.90 Å². The average molecular weight is 218 g/mol. The third kappa shape index (κ3) is 1.63. The van der Waals surface area contributed by atoms with Gasteiger partial charge in [-0.05, 0) is 31.5 Å². The van der Waals surface area contributed by atoms with E-state index < -0.39 is 0 Å². The predicted octanol–water partition coefficient (Wildman–Crippen LogP) is 0.948. The molecule has 2 N–H and O–H groups in total. The monoisotopic (exact) mass is 218 g/mol. The highest BCUT2D eigenvalue weighted by Gasteiger charge is 2.31. The summed E-state index contributed by atoms with van der Waals surface area (Å²) < 4.78 is 0. The van der Waals surface area contributed by atoms with Crippen molar-refractivity contribution in [2.75, 3.05) is 36.8 Å². The van der Waals surface area contributed by atoms with Crippen molar-refractivity contribution in [1.82, 2.24) is 9.88 Å². The first-order valence-electron chi connectivity index (χ1n) is 6.04. The van der Waals surface area contributed by atoms with E-state index in [4.69, 9.17) is 5.73 Å². The molecule has 1 atom stereocenters. The third-order valence-electron chi connectivity index (χ3n) is 3.70. The quantitative estimate of drug-likeness (QED) is 0.762. The number of piperazine rings is 1. The number of fused-ring (bicyclic) bond motifs is 1. The molecule has 1 aromatic rings. The first kappa shape index (κ1) is 9.90. The van der Waals surface area contributed by atoms with Gasteiger partial charge in [0.2, 0.25) is 0 Å². The smallest absolute Gasteiger partial charge is 0.151 e. The second-order valence-corrected chi connectivity index (χ2v) is 4.69. The Kier molecular flexibility index (Phi) is 2.44. The molecule has 2 aliphatic rings. The Morgan fingerprint density at radius 1 is 1.31 bits per heavy atom. The van der Waals surface area contributed by atoms with Crippen LogP contribution in [-0.4, -0.2) is 42.1 Å². The van der Waals surface area contributed by atoms with E-state index in [2.05, 4.69) is 14.8 Å². The topological polar surface area (TPSA) is 45.4 Å². The molecular formula is C12H18N4. The molecule has 0 saturated carbocycles. The maximum absolute atomic E-state index is 5.97. The van der Waals surface area contributed by atoms with Crippen LogP contribution in [0.3, 0.4) is 0 Å². The molecule has 4 heteroatoms. The normalized spacial score (nSPS) is 25.8. The Balaban J connectivity index is 1.79. The van der Waals surface area contributed by atoms with Crippen LogP contribution in [0.4, 0.5) is 11.5 Å². The average Bonchev–Trinajstić information content (AvgIpc) is 2.76. The van der Waals surface area contributed by atoms with E-state index in [0.29, 0.717) is 0 Å². The van der Waals surface area contributed by atoms with E-state index in [1.165, 1.54) is 19.4 Å². The number of hydrogen-bond donors (Lipinski definition) is 1. The summed E-state index contributed by atoms with van der Waals surface area (Å²) in [5.41, 5.74) is 6.77. The standard InChI is InChI=1S/C12H18N4/c13-11-4-1-5-14-12(11)16-8-7-15-6-2-3-10(15)9-16/h1,4-5,10H,2-3,6-9,13H2. The van der Waals surface area contributed by atoms with Crippen LogP contribution in [0.15, 0.2) is 18.3 Å². The minimum absolute atomic E-state index is 0.718. The summed E-state index contributed by atoms with van der Waals surface area (Å²) in [5.74, 6) is 0.967. The Morgan fingerprint density at radius 3 is 3.12 bits per heavy atom. The number of anilines is 2. The van der Waals surface area contributed by atoms with Crippen molar-refractivity contribution in [3.05, 3.63) is 18.3 Å². The maximum atomic E-state index is 5.97. The third-order valence-corrected chi connectivity index (χ3v) is 3.70.